The summed E-state index contributed by atoms with van der Waals surface area (Å²) in [6.45, 7) is 5.35. The summed E-state index contributed by atoms with van der Waals surface area (Å²) in [6, 6.07) is 3.06. The van der Waals surface area contributed by atoms with Crippen molar-refractivity contribution in [2.45, 2.75) is 26.4 Å². The summed E-state index contributed by atoms with van der Waals surface area (Å²) in [5, 5.41) is 7.36. The Balaban J connectivity index is 3.17. The van der Waals surface area contributed by atoms with Crippen LogP contribution >= 0.6 is 15.9 Å². The number of esters is 1. The molecule has 0 aromatic heterocycles. The molecule has 5 nitrogen and oxygen atoms in total. The van der Waals surface area contributed by atoms with Gasteiger partial charge in [0, 0.05) is 5.56 Å². The number of hydrogen-bond donors (Lipinski definition) is 3. The van der Waals surface area contributed by atoms with E-state index in [1.807, 2.05) is 0 Å². The van der Waals surface area contributed by atoms with E-state index in [0.717, 1.165) is 0 Å². The molecule has 1 rings (SSSR count). The molecule has 0 aliphatic carbocycles. The maximum Gasteiger partial charge on any atom is 0.339 e. The van der Waals surface area contributed by atoms with Gasteiger partial charge in [0.15, 0.2) is 0 Å². The SMILES string of the molecule is CC(C)(C)OC(=O)c1ccc(C(=N)N)c(N)c1Br. The van der Waals surface area contributed by atoms with E-state index < -0.39 is 11.6 Å². The number of anilines is 1. The van der Waals surface area contributed by atoms with Gasteiger partial charge in [0.25, 0.3) is 0 Å². The summed E-state index contributed by atoms with van der Waals surface area (Å²) in [6.07, 6.45) is 0. The summed E-state index contributed by atoms with van der Waals surface area (Å²) in [4.78, 5) is 11.9. The molecule has 0 atom stereocenters. The van der Waals surface area contributed by atoms with Crippen LogP contribution in [0.2, 0.25) is 0 Å². The molecule has 0 aliphatic rings. The van der Waals surface area contributed by atoms with Crippen LogP contribution in [0.25, 0.3) is 0 Å². The first-order chi connectivity index (χ1) is 8.13. The van der Waals surface area contributed by atoms with E-state index >= 15 is 0 Å². The van der Waals surface area contributed by atoms with Crippen molar-refractivity contribution >= 4 is 33.4 Å². The molecule has 1 aromatic carbocycles. The summed E-state index contributed by atoms with van der Waals surface area (Å²) in [7, 11) is 0. The van der Waals surface area contributed by atoms with Crippen LogP contribution in [0, 0.1) is 5.41 Å². The molecule has 18 heavy (non-hydrogen) atoms. The lowest BCUT2D eigenvalue weighted by atomic mass is 10.1. The highest BCUT2D eigenvalue weighted by Gasteiger charge is 2.22. The van der Waals surface area contributed by atoms with E-state index in [2.05, 4.69) is 15.9 Å². The zero-order valence-electron chi connectivity index (χ0n) is 10.5. The Bertz CT molecular complexity index is 507. The van der Waals surface area contributed by atoms with Gasteiger partial charge in [-0.25, -0.2) is 4.79 Å². The van der Waals surface area contributed by atoms with E-state index in [0.29, 0.717) is 15.6 Å². The van der Waals surface area contributed by atoms with Crippen molar-refractivity contribution in [1.29, 1.82) is 5.41 Å². The molecular weight excluding hydrogens is 298 g/mol. The minimum Gasteiger partial charge on any atom is -0.456 e. The third-order valence-corrected chi connectivity index (χ3v) is 2.94. The first kappa shape index (κ1) is 14.5. The van der Waals surface area contributed by atoms with Crippen molar-refractivity contribution in [2.75, 3.05) is 5.73 Å². The summed E-state index contributed by atoms with van der Waals surface area (Å²) < 4.78 is 5.64. The molecule has 0 fully saturated rings. The Hall–Kier alpha value is -1.56. The van der Waals surface area contributed by atoms with Gasteiger partial charge in [-0.2, -0.15) is 0 Å². The van der Waals surface area contributed by atoms with Gasteiger partial charge in [-0.05, 0) is 48.8 Å². The summed E-state index contributed by atoms with van der Waals surface area (Å²) in [5.74, 6) is -0.625. The number of nitrogens with one attached hydrogen (secondary N) is 1. The Morgan fingerprint density at radius 2 is 1.83 bits per heavy atom. The number of nitrogens with two attached hydrogens (primary N) is 2. The Kier molecular flexibility index (Phi) is 4.01. The quantitative estimate of drug-likeness (QED) is 0.337. The van der Waals surface area contributed by atoms with Crippen molar-refractivity contribution in [1.82, 2.24) is 0 Å². The second-order valence-corrected chi connectivity index (χ2v) is 5.60. The first-order valence-electron chi connectivity index (χ1n) is 5.29. The molecule has 0 bridgehead atoms. The fourth-order valence-corrected chi connectivity index (χ4v) is 1.83. The minimum absolute atomic E-state index is 0.149. The van der Waals surface area contributed by atoms with Crippen LogP contribution < -0.4 is 11.5 Å². The Labute approximate surface area is 114 Å². The van der Waals surface area contributed by atoms with E-state index in [4.69, 9.17) is 21.6 Å². The Morgan fingerprint density at radius 3 is 2.28 bits per heavy atom. The van der Waals surface area contributed by atoms with Crippen LogP contribution in [0.1, 0.15) is 36.7 Å². The monoisotopic (exact) mass is 313 g/mol. The maximum atomic E-state index is 11.9. The molecule has 0 spiro atoms. The van der Waals surface area contributed by atoms with Crippen LogP contribution in [0.3, 0.4) is 0 Å². The van der Waals surface area contributed by atoms with E-state index in [9.17, 15) is 4.79 Å². The number of carbonyl (C=O) groups is 1. The molecule has 5 N–H and O–H groups in total. The number of ether oxygens (including phenoxy) is 1. The molecule has 0 heterocycles. The number of rotatable bonds is 2. The van der Waals surface area contributed by atoms with Gasteiger partial charge in [-0.15, -0.1) is 0 Å². The second-order valence-electron chi connectivity index (χ2n) is 4.80. The van der Waals surface area contributed by atoms with E-state index in [1.54, 1.807) is 20.8 Å². The van der Waals surface area contributed by atoms with Gasteiger partial charge >= 0.3 is 5.97 Å². The number of carbonyl (C=O) groups excluding carboxylic acids is 1. The number of nitrogen functional groups attached to an aromatic ring is 2. The highest BCUT2D eigenvalue weighted by atomic mass is 79.9. The topological polar surface area (TPSA) is 102 Å². The molecule has 98 valence electrons. The van der Waals surface area contributed by atoms with Crippen LogP contribution in [-0.2, 0) is 4.74 Å². The average molecular weight is 314 g/mol. The second kappa shape index (κ2) is 4.97. The van der Waals surface area contributed by atoms with Gasteiger partial charge in [-0.3, -0.25) is 5.41 Å². The molecule has 0 radical (unpaired) electrons. The van der Waals surface area contributed by atoms with Crippen LogP contribution in [0.15, 0.2) is 16.6 Å². The minimum atomic E-state index is -0.579. The molecule has 0 amide bonds. The number of benzene rings is 1. The van der Waals surface area contributed by atoms with Crippen LogP contribution in [-0.4, -0.2) is 17.4 Å². The molecule has 0 unspecified atom stereocenters. The Morgan fingerprint density at radius 1 is 1.33 bits per heavy atom. The number of hydrogen-bond acceptors (Lipinski definition) is 4. The predicted octanol–water partition coefficient (Wildman–Crippen LogP) is 2.27. The first-order valence-corrected chi connectivity index (χ1v) is 6.08. The fraction of sp³-hybridized carbons (Fsp3) is 0.333. The number of halogens is 1. The van der Waals surface area contributed by atoms with Crippen molar-refractivity contribution in [3.05, 3.63) is 27.7 Å². The van der Waals surface area contributed by atoms with Gasteiger partial charge < -0.3 is 16.2 Å². The lowest BCUT2D eigenvalue weighted by Crippen LogP contribution is -2.24. The molecular formula is C12H16BrN3O2. The molecule has 6 heteroatoms. The molecule has 0 saturated heterocycles. The standard InChI is InChI=1S/C12H16BrN3O2/c1-12(2,3)18-11(17)6-4-5-7(10(15)16)9(14)8(6)13/h4-5H,14H2,1-3H3,(H3,15,16). The lowest BCUT2D eigenvalue weighted by molar-refractivity contribution is 0.00685. The summed E-state index contributed by atoms with van der Waals surface area (Å²) in [5.41, 5.74) is 11.6. The molecule has 0 saturated carbocycles. The van der Waals surface area contributed by atoms with Gasteiger partial charge in [0.1, 0.15) is 11.4 Å². The largest absolute Gasteiger partial charge is 0.456 e. The summed E-state index contributed by atoms with van der Waals surface area (Å²) >= 11 is 3.23. The molecule has 1 aromatic rings. The highest BCUT2D eigenvalue weighted by Crippen LogP contribution is 2.29. The van der Waals surface area contributed by atoms with Crippen LogP contribution in [0.4, 0.5) is 5.69 Å². The van der Waals surface area contributed by atoms with Gasteiger partial charge in [0.2, 0.25) is 0 Å². The normalized spacial score (nSPS) is 11.1. The molecule has 0 aliphatic heterocycles. The van der Waals surface area contributed by atoms with E-state index in [-0.39, 0.29) is 11.5 Å². The maximum absolute atomic E-state index is 11.9. The zero-order valence-corrected chi connectivity index (χ0v) is 12.1. The third kappa shape index (κ3) is 3.22. The average Bonchev–Trinajstić information content (AvgIpc) is 2.18. The van der Waals surface area contributed by atoms with Crippen molar-refractivity contribution in [3.8, 4) is 0 Å². The predicted molar refractivity (Wildman–Crippen MR) is 74.7 cm³/mol. The van der Waals surface area contributed by atoms with Crippen molar-refractivity contribution in [2.24, 2.45) is 5.73 Å². The van der Waals surface area contributed by atoms with E-state index in [1.165, 1.54) is 12.1 Å². The number of amidine groups is 1. The van der Waals surface area contributed by atoms with Gasteiger partial charge in [-0.1, -0.05) is 0 Å². The van der Waals surface area contributed by atoms with Crippen LogP contribution in [0.5, 0.6) is 0 Å². The smallest absolute Gasteiger partial charge is 0.339 e. The zero-order chi connectivity index (χ0) is 14.1. The van der Waals surface area contributed by atoms with Crippen molar-refractivity contribution in [3.63, 3.8) is 0 Å². The lowest BCUT2D eigenvalue weighted by Gasteiger charge is -2.20. The highest BCUT2D eigenvalue weighted by molar-refractivity contribution is 9.10. The third-order valence-electron chi connectivity index (χ3n) is 2.09. The van der Waals surface area contributed by atoms with Gasteiger partial charge in [0.05, 0.1) is 15.7 Å². The van der Waals surface area contributed by atoms with Crippen molar-refractivity contribution < 1.29 is 9.53 Å². The fourth-order valence-electron chi connectivity index (χ4n) is 1.32.